The number of rotatable bonds is 9. The van der Waals surface area contributed by atoms with Crippen molar-refractivity contribution < 1.29 is 19.1 Å². The van der Waals surface area contributed by atoms with E-state index in [0.717, 1.165) is 0 Å². The molecule has 0 fully saturated rings. The highest BCUT2D eigenvalue weighted by Gasteiger charge is 2.32. The summed E-state index contributed by atoms with van der Waals surface area (Å²) < 4.78 is 12.9. The van der Waals surface area contributed by atoms with Gasteiger partial charge in [-0.25, -0.2) is 4.98 Å². The van der Waals surface area contributed by atoms with Crippen molar-refractivity contribution in [3.8, 4) is 5.75 Å². The van der Waals surface area contributed by atoms with Crippen LogP contribution in [-0.4, -0.2) is 52.5 Å². The topological polar surface area (TPSA) is 117 Å². The van der Waals surface area contributed by atoms with E-state index in [9.17, 15) is 14.4 Å². The Morgan fingerprint density at radius 3 is 2.71 bits per heavy atom. The number of carbonyl (C=O) groups excluding carboxylic acids is 2. The maximum atomic E-state index is 13.3. The lowest BCUT2D eigenvalue weighted by molar-refractivity contribution is -0.125. The van der Waals surface area contributed by atoms with Gasteiger partial charge in [0.05, 0.1) is 35.0 Å². The summed E-state index contributed by atoms with van der Waals surface area (Å²) in [4.78, 5) is 44.4. The number of aromatic nitrogens is 2. The number of hydrogen-bond acceptors (Lipinski definition) is 7. The van der Waals surface area contributed by atoms with E-state index in [4.69, 9.17) is 15.2 Å². The first-order valence-corrected chi connectivity index (χ1v) is 12.4. The minimum absolute atomic E-state index is 0.0209. The van der Waals surface area contributed by atoms with E-state index in [1.807, 2.05) is 19.9 Å². The second-order valence-electron chi connectivity index (χ2n) is 8.41. The Bertz CT molecular complexity index is 1290. The molecule has 2 amide bonds. The second-order valence-corrected chi connectivity index (χ2v) is 9.35. The molecule has 4 rings (SSSR count). The van der Waals surface area contributed by atoms with Crippen molar-refractivity contribution in [2.24, 2.45) is 5.73 Å². The smallest absolute Gasteiger partial charge is 0.262 e. The summed E-state index contributed by atoms with van der Waals surface area (Å²) in [5.41, 5.74) is 6.45. The maximum Gasteiger partial charge on any atom is 0.262 e. The molecule has 10 heteroatoms. The highest BCUT2D eigenvalue weighted by Crippen LogP contribution is 2.33. The number of thioether (sulfide) groups is 1. The summed E-state index contributed by atoms with van der Waals surface area (Å²) in [5.74, 6) is -0.438. The van der Waals surface area contributed by atoms with E-state index < -0.39 is 12.0 Å². The van der Waals surface area contributed by atoms with Crippen LogP contribution in [0.1, 0.15) is 20.3 Å². The third-order valence-electron chi connectivity index (χ3n) is 5.52. The van der Waals surface area contributed by atoms with Crippen LogP contribution >= 0.6 is 11.8 Å². The number of amides is 2. The molecular formula is C25H28N4O5S. The Morgan fingerprint density at radius 2 is 1.94 bits per heavy atom. The van der Waals surface area contributed by atoms with Gasteiger partial charge in [0.15, 0.2) is 11.3 Å². The van der Waals surface area contributed by atoms with Crippen LogP contribution in [0.2, 0.25) is 0 Å². The van der Waals surface area contributed by atoms with Gasteiger partial charge in [-0.2, -0.15) is 0 Å². The molecule has 1 aromatic heterocycles. The molecule has 1 aliphatic heterocycles. The second kappa shape index (κ2) is 10.9. The van der Waals surface area contributed by atoms with E-state index in [-0.39, 0.29) is 29.9 Å². The maximum absolute atomic E-state index is 13.3. The van der Waals surface area contributed by atoms with Crippen LogP contribution in [0.5, 0.6) is 5.75 Å². The number of anilines is 1. The number of nitrogens with two attached hydrogens (primary N) is 1. The summed E-state index contributed by atoms with van der Waals surface area (Å²) in [7, 11) is 0. The van der Waals surface area contributed by atoms with Crippen LogP contribution in [0.3, 0.4) is 0 Å². The predicted molar refractivity (Wildman–Crippen MR) is 135 cm³/mol. The van der Waals surface area contributed by atoms with E-state index >= 15 is 0 Å². The van der Waals surface area contributed by atoms with Crippen molar-refractivity contribution in [3.05, 3.63) is 58.9 Å². The van der Waals surface area contributed by atoms with Crippen LogP contribution in [0.4, 0.5) is 5.69 Å². The average molecular weight is 497 g/mol. The number of ether oxygens (including phenoxy) is 2. The average Bonchev–Trinajstić information content (AvgIpc) is 2.85. The zero-order valence-corrected chi connectivity index (χ0v) is 20.5. The van der Waals surface area contributed by atoms with Gasteiger partial charge in [-0.1, -0.05) is 36.0 Å². The summed E-state index contributed by atoms with van der Waals surface area (Å²) in [6, 6.07) is 14.2. The van der Waals surface area contributed by atoms with E-state index in [2.05, 4.69) is 4.98 Å². The Hall–Kier alpha value is -3.37. The molecule has 2 aromatic carbocycles. The lowest BCUT2D eigenvalue weighted by Gasteiger charge is -2.33. The highest BCUT2D eigenvalue weighted by molar-refractivity contribution is 7.99. The van der Waals surface area contributed by atoms with Gasteiger partial charge in [0, 0.05) is 13.2 Å². The summed E-state index contributed by atoms with van der Waals surface area (Å²) in [6.07, 6.45) is -0.193. The molecule has 0 bridgehead atoms. The van der Waals surface area contributed by atoms with Crippen molar-refractivity contribution in [2.75, 3.05) is 23.8 Å². The molecule has 1 atom stereocenters. The fourth-order valence-electron chi connectivity index (χ4n) is 3.82. The quantitative estimate of drug-likeness (QED) is 0.275. The van der Waals surface area contributed by atoms with Gasteiger partial charge in [-0.3, -0.25) is 19.0 Å². The summed E-state index contributed by atoms with van der Waals surface area (Å²) in [6.45, 7) is 4.88. The minimum atomic E-state index is -0.934. The molecular weight excluding hydrogens is 468 g/mol. The van der Waals surface area contributed by atoms with Crippen molar-refractivity contribution in [1.82, 2.24) is 9.55 Å². The van der Waals surface area contributed by atoms with E-state index in [0.29, 0.717) is 47.1 Å². The van der Waals surface area contributed by atoms with Crippen molar-refractivity contribution in [3.63, 3.8) is 0 Å². The molecule has 0 saturated carbocycles. The van der Waals surface area contributed by atoms with Crippen LogP contribution < -0.4 is 20.9 Å². The van der Waals surface area contributed by atoms with Gasteiger partial charge in [0.25, 0.3) is 11.5 Å². The molecule has 0 aliphatic carbocycles. The lowest BCUT2D eigenvalue weighted by Crippen LogP contribution is -2.49. The van der Waals surface area contributed by atoms with Gasteiger partial charge >= 0.3 is 0 Å². The number of fused-ring (bicyclic) bond motifs is 2. The number of carbonyl (C=O) groups is 2. The Morgan fingerprint density at radius 1 is 1.20 bits per heavy atom. The van der Waals surface area contributed by atoms with Crippen LogP contribution in [0, 0.1) is 0 Å². The molecule has 3 aromatic rings. The Balaban J connectivity index is 1.57. The molecule has 9 nitrogen and oxygen atoms in total. The van der Waals surface area contributed by atoms with Gasteiger partial charge in [0.1, 0.15) is 5.75 Å². The number of nitrogens with zero attached hydrogens (tertiary/aromatic N) is 3. The standard InChI is InChI=1S/C25H28N4O5S/c1-16(2)33-13-7-12-28-24(32)17-8-3-4-9-18(17)27-25(28)35-15-22(30)29-14-21(23(26)31)34-20-11-6-5-10-19(20)29/h3-6,8-11,16,21H,7,12-15H2,1-2H3,(H2,26,31)/t21-/m0/s1. The number of hydrogen-bond donors (Lipinski definition) is 1. The van der Waals surface area contributed by atoms with Crippen molar-refractivity contribution in [2.45, 2.75) is 44.2 Å². The molecule has 2 N–H and O–H groups in total. The predicted octanol–water partition coefficient (Wildman–Crippen LogP) is 2.58. The molecule has 2 heterocycles. The molecule has 35 heavy (non-hydrogen) atoms. The molecule has 184 valence electrons. The largest absolute Gasteiger partial charge is 0.477 e. The third-order valence-corrected chi connectivity index (χ3v) is 6.48. The highest BCUT2D eigenvalue weighted by atomic mass is 32.2. The van der Waals surface area contributed by atoms with E-state index in [1.54, 1.807) is 47.0 Å². The summed E-state index contributed by atoms with van der Waals surface area (Å²) >= 11 is 1.19. The molecule has 0 saturated heterocycles. The normalized spacial score (nSPS) is 15.2. The molecule has 0 unspecified atom stereocenters. The first-order chi connectivity index (χ1) is 16.8. The molecule has 1 aliphatic rings. The third kappa shape index (κ3) is 5.66. The first-order valence-electron chi connectivity index (χ1n) is 11.4. The zero-order chi connectivity index (χ0) is 24.9. The van der Waals surface area contributed by atoms with Gasteiger partial charge in [-0.05, 0) is 44.5 Å². The van der Waals surface area contributed by atoms with Gasteiger partial charge in [0.2, 0.25) is 5.91 Å². The fourth-order valence-corrected chi connectivity index (χ4v) is 4.72. The van der Waals surface area contributed by atoms with Crippen molar-refractivity contribution >= 4 is 40.2 Å². The van der Waals surface area contributed by atoms with Crippen LogP contribution in [0.25, 0.3) is 10.9 Å². The first kappa shape index (κ1) is 24.7. The number of primary amides is 1. The van der Waals surface area contributed by atoms with Crippen LogP contribution in [-0.2, 0) is 20.9 Å². The van der Waals surface area contributed by atoms with Crippen LogP contribution in [0.15, 0.2) is 58.5 Å². The van der Waals surface area contributed by atoms with Gasteiger partial charge < -0.3 is 20.1 Å². The summed E-state index contributed by atoms with van der Waals surface area (Å²) in [5, 5.41) is 0.985. The Kier molecular flexibility index (Phi) is 7.72. The number of para-hydroxylation sites is 3. The Labute approximate surface area is 207 Å². The number of benzene rings is 2. The lowest BCUT2D eigenvalue weighted by atomic mass is 10.2. The minimum Gasteiger partial charge on any atom is -0.477 e. The van der Waals surface area contributed by atoms with Crippen molar-refractivity contribution in [1.29, 1.82) is 0 Å². The van der Waals surface area contributed by atoms with Gasteiger partial charge in [-0.15, -0.1) is 0 Å². The molecule has 0 radical (unpaired) electrons. The monoisotopic (exact) mass is 496 g/mol. The van der Waals surface area contributed by atoms with E-state index in [1.165, 1.54) is 16.7 Å². The fraction of sp³-hybridized carbons (Fsp3) is 0.360. The zero-order valence-electron chi connectivity index (χ0n) is 19.7. The molecule has 0 spiro atoms. The SMILES string of the molecule is CC(C)OCCCn1c(SCC(=O)N2C[C@@H](C(N)=O)Oc3ccccc32)nc2ccccc2c1=O.